The van der Waals surface area contributed by atoms with Crippen LogP contribution in [0.25, 0.3) is 0 Å². The molecule has 0 spiro atoms. The van der Waals surface area contributed by atoms with Crippen molar-refractivity contribution in [1.82, 2.24) is 15.5 Å². The van der Waals surface area contributed by atoms with Gasteiger partial charge in [0.2, 0.25) is 5.89 Å². The lowest BCUT2D eigenvalue weighted by Gasteiger charge is -2.11. The van der Waals surface area contributed by atoms with Gasteiger partial charge in [-0.05, 0) is 12.1 Å². The lowest BCUT2D eigenvalue weighted by molar-refractivity contribution is -0.140. The number of hydrogen-bond donors (Lipinski definition) is 1. The van der Waals surface area contributed by atoms with Gasteiger partial charge in [-0.1, -0.05) is 11.2 Å². The number of hydrogen-bond acceptors (Lipinski definition) is 4. The van der Waals surface area contributed by atoms with E-state index >= 15 is 0 Å². The molecule has 1 aromatic carbocycles. The average Bonchev–Trinajstić information content (AvgIpc) is 2.90. The fourth-order valence-corrected chi connectivity index (χ4v) is 1.61. The molecular weight excluding hydrogens is 294 g/mol. The van der Waals surface area contributed by atoms with Crippen LogP contribution in [0, 0.1) is 5.82 Å². The summed E-state index contributed by atoms with van der Waals surface area (Å²) in [5.74, 6) is -2.29. The van der Waals surface area contributed by atoms with Gasteiger partial charge in [-0.25, -0.2) is 4.39 Å². The van der Waals surface area contributed by atoms with E-state index in [0.717, 1.165) is 12.1 Å². The quantitative estimate of drug-likeness (QED) is 0.879. The predicted molar refractivity (Wildman–Crippen MR) is 61.7 cm³/mol. The summed E-state index contributed by atoms with van der Waals surface area (Å²) in [6, 6.07) is 2.52. The van der Waals surface area contributed by atoms with Crippen molar-refractivity contribution in [2.75, 3.05) is 6.54 Å². The molecule has 0 aliphatic rings. The van der Waals surface area contributed by atoms with E-state index in [2.05, 4.69) is 20.0 Å². The Labute approximate surface area is 116 Å². The third kappa shape index (κ3) is 3.56. The van der Waals surface area contributed by atoms with E-state index in [4.69, 9.17) is 0 Å². The second kappa shape index (κ2) is 5.90. The lowest BCUT2D eigenvalue weighted by Crippen LogP contribution is -2.27. The zero-order chi connectivity index (χ0) is 15.5. The van der Waals surface area contributed by atoms with Gasteiger partial charge in [0.05, 0.1) is 11.1 Å². The van der Waals surface area contributed by atoms with Crippen molar-refractivity contribution >= 4 is 5.91 Å². The molecule has 0 atom stereocenters. The van der Waals surface area contributed by atoms with E-state index in [1.165, 1.54) is 6.33 Å². The molecule has 1 amide bonds. The number of rotatable bonds is 4. The van der Waals surface area contributed by atoms with Crippen molar-refractivity contribution < 1.29 is 26.9 Å². The maximum Gasteiger partial charge on any atom is 0.419 e. The molecule has 0 unspecified atom stereocenters. The third-order valence-corrected chi connectivity index (χ3v) is 2.58. The summed E-state index contributed by atoms with van der Waals surface area (Å²) < 4.78 is 56.0. The maximum absolute atomic E-state index is 13.7. The first-order chi connectivity index (χ1) is 9.89. The molecule has 0 aliphatic heterocycles. The van der Waals surface area contributed by atoms with E-state index in [1.807, 2.05) is 0 Å². The van der Waals surface area contributed by atoms with Crippen LogP contribution in [-0.2, 0) is 12.6 Å². The molecule has 21 heavy (non-hydrogen) atoms. The van der Waals surface area contributed by atoms with Crippen LogP contribution in [0.1, 0.15) is 21.8 Å². The van der Waals surface area contributed by atoms with Crippen LogP contribution < -0.4 is 5.32 Å². The van der Waals surface area contributed by atoms with Crippen molar-refractivity contribution in [3.05, 3.63) is 47.4 Å². The largest absolute Gasteiger partial charge is 0.419 e. The molecule has 0 radical (unpaired) electrons. The summed E-state index contributed by atoms with van der Waals surface area (Å²) in [7, 11) is 0. The van der Waals surface area contributed by atoms with Crippen molar-refractivity contribution in [3.63, 3.8) is 0 Å². The molecule has 0 aliphatic carbocycles. The first-order valence-corrected chi connectivity index (χ1v) is 5.79. The Bertz CT molecular complexity index is 626. The van der Waals surface area contributed by atoms with Gasteiger partial charge < -0.3 is 9.84 Å². The summed E-state index contributed by atoms with van der Waals surface area (Å²) in [6.45, 7) is 0.0245. The smallest absolute Gasteiger partial charge is 0.351 e. The summed E-state index contributed by atoms with van der Waals surface area (Å²) >= 11 is 0. The molecule has 2 rings (SSSR count). The first kappa shape index (κ1) is 14.9. The average molecular weight is 303 g/mol. The molecule has 5 nitrogen and oxygen atoms in total. The highest BCUT2D eigenvalue weighted by Gasteiger charge is 2.35. The number of carbonyl (C=O) groups is 1. The Morgan fingerprint density at radius 2 is 2.10 bits per heavy atom. The molecule has 112 valence electrons. The van der Waals surface area contributed by atoms with Crippen LogP contribution in [0.2, 0.25) is 0 Å². The van der Waals surface area contributed by atoms with E-state index < -0.39 is 29.0 Å². The van der Waals surface area contributed by atoms with Gasteiger partial charge in [0.1, 0.15) is 5.82 Å². The molecule has 0 bridgehead atoms. The van der Waals surface area contributed by atoms with Crippen LogP contribution >= 0.6 is 0 Å². The monoisotopic (exact) mass is 303 g/mol. The maximum atomic E-state index is 13.7. The molecule has 0 saturated heterocycles. The van der Waals surface area contributed by atoms with Gasteiger partial charge in [0.15, 0.2) is 6.33 Å². The molecule has 1 aromatic heterocycles. The fraction of sp³-hybridized carbons (Fsp3) is 0.250. The van der Waals surface area contributed by atoms with Gasteiger partial charge in [-0.3, -0.25) is 4.79 Å². The number of nitrogens with one attached hydrogen (secondary N) is 1. The zero-order valence-electron chi connectivity index (χ0n) is 10.4. The highest BCUT2D eigenvalue weighted by Crippen LogP contribution is 2.32. The molecule has 0 fully saturated rings. The summed E-state index contributed by atoms with van der Waals surface area (Å²) in [5, 5.41) is 5.63. The fourth-order valence-electron chi connectivity index (χ4n) is 1.61. The number of benzene rings is 1. The van der Waals surface area contributed by atoms with Crippen molar-refractivity contribution in [3.8, 4) is 0 Å². The SMILES string of the molecule is O=C(NCCc1ncno1)c1cccc(C(F)(F)F)c1F. The zero-order valence-corrected chi connectivity index (χ0v) is 10.4. The number of nitrogens with zero attached hydrogens (tertiary/aromatic N) is 2. The van der Waals surface area contributed by atoms with Gasteiger partial charge in [0.25, 0.3) is 5.91 Å². The summed E-state index contributed by atoms with van der Waals surface area (Å²) in [5.41, 5.74) is -2.15. The van der Waals surface area contributed by atoms with Crippen molar-refractivity contribution in [1.29, 1.82) is 0 Å². The molecular formula is C12H9F4N3O2. The van der Waals surface area contributed by atoms with Crippen LogP contribution in [0.5, 0.6) is 0 Å². The Hall–Kier alpha value is -2.45. The number of alkyl halides is 3. The van der Waals surface area contributed by atoms with Crippen LogP contribution in [0.15, 0.2) is 29.0 Å². The molecule has 9 heteroatoms. The standard InChI is InChI=1S/C12H9F4N3O2/c13-10-7(2-1-3-8(10)12(14,15)16)11(20)17-5-4-9-18-6-19-21-9/h1-3,6H,4-5H2,(H,17,20). The number of halogens is 4. The van der Waals surface area contributed by atoms with Crippen LogP contribution in [0.3, 0.4) is 0 Å². The second-order valence-electron chi connectivity index (χ2n) is 4.01. The highest BCUT2D eigenvalue weighted by atomic mass is 19.4. The topological polar surface area (TPSA) is 68.0 Å². The van der Waals surface area contributed by atoms with Crippen molar-refractivity contribution in [2.45, 2.75) is 12.6 Å². The first-order valence-electron chi connectivity index (χ1n) is 5.79. The minimum absolute atomic E-state index is 0.0245. The van der Waals surface area contributed by atoms with Crippen molar-refractivity contribution in [2.24, 2.45) is 0 Å². The molecule has 1 heterocycles. The summed E-state index contributed by atoms with van der Waals surface area (Å²) in [6.07, 6.45) is -3.50. The minimum atomic E-state index is -4.86. The Kier molecular flexibility index (Phi) is 4.20. The Morgan fingerprint density at radius 1 is 1.33 bits per heavy atom. The van der Waals surface area contributed by atoms with Crippen LogP contribution in [-0.4, -0.2) is 22.6 Å². The van der Waals surface area contributed by atoms with E-state index in [0.29, 0.717) is 6.07 Å². The van der Waals surface area contributed by atoms with Gasteiger partial charge in [0, 0.05) is 13.0 Å². The van der Waals surface area contributed by atoms with Gasteiger partial charge in [-0.15, -0.1) is 0 Å². The molecule has 0 saturated carbocycles. The Morgan fingerprint density at radius 3 is 2.71 bits per heavy atom. The molecule has 2 aromatic rings. The predicted octanol–water partition coefficient (Wildman–Crippen LogP) is 2.20. The van der Waals surface area contributed by atoms with Gasteiger partial charge >= 0.3 is 6.18 Å². The molecule has 1 N–H and O–H groups in total. The minimum Gasteiger partial charge on any atom is -0.351 e. The third-order valence-electron chi connectivity index (χ3n) is 2.58. The number of carbonyl (C=O) groups excluding carboxylic acids is 1. The summed E-state index contributed by atoms with van der Waals surface area (Å²) in [4.78, 5) is 15.4. The Balaban J connectivity index is 2.05. The number of aromatic nitrogens is 2. The van der Waals surface area contributed by atoms with E-state index in [-0.39, 0.29) is 18.9 Å². The van der Waals surface area contributed by atoms with E-state index in [9.17, 15) is 22.4 Å². The normalized spacial score (nSPS) is 11.4. The second-order valence-corrected chi connectivity index (χ2v) is 4.01. The van der Waals surface area contributed by atoms with Gasteiger partial charge in [-0.2, -0.15) is 18.2 Å². The highest BCUT2D eigenvalue weighted by molar-refractivity contribution is 5.94. The number of amides is 1. The lowest BCUT2D eigenvalue weighted by atomic mass is 10.1. The van der Waals surface area contributed by atoms with E-state index in [1.54, 1.807) is 0 Å². The van der Waals surface area contributed by atoms with Crippen LogP contribution in [0.4, 0.5) is 17.6 Å².